The Bertz CT molecular complexity index is 750. The average molecular weight is 459 g/mol. The third kappa shape index (κ3) is 12.6. The van der Waals surface area contributed by atoms with Crippen LogP contribution in [0.25, 0.3) is 0 Å². The first-order chi connectivity index (χ1) is 15.9. The number of hydrogen-bond donors (Lipinski definition) is 3. The van der Waals surface area contributed by atoms with Gasteiger partial charge in [0.15, 0.2) is 0 Å². The number of unbranched alkanes of at least 4 members (excludes halogenated alkanes) is 2. The Morgan fingerprint density at radius 3 is 2.45 bits per heavy atom. The number of aliphatic hydroxyl groups is 1. The topological polar surface area (TPSA) is 105 Å². The van der Waals surface area contributed by atoms with Crippen LogP contribution in [0.5, 0.6) is 0 Å². The second kappa shape index (κ2) is 16.7. The lowest BCUT2D eigenvalue weighted by Gasteiger charge is -2.23. The van der Waals surface area contributed by atoms with Crippen LogP contribution < -0.4 is 10.6 Å². The molecule has 0 spiro atoms. The van der Waals surface area contributed by atoms with Gasteiger partial charge in [-0.05, 0) is 44.6 Å². The van der Waals surface area contributed by atoms with Crippen LogP contribution in [0.3, 0.4) is 0 Å². The lowest BCUT2D eigenvalue weighted by Crippen LogP contribution is -2.45. The predicted octanol–water partition coefficient (Wildman–Crippen LogP) is 3.08. The molecule has 0 aliphatic rings. The minimum Gasteiger partial charge on any atom is -0.463 e. The van der Waals surface area contributed by atoms with E-state index in [1.807, 2.05) is 36.4 Å². The Morgan fingerprint density at radius 1 is 1.09 bits per heavy atom. The van der Waals surface area contributed by atoms with Crippen molar-refractivity contribution in [2.75, 3.05) is 13.2 Å². The van der Waals surface area contributed by atoms with Gasteiger partial charge in [0.05, 0.1) is 18.6 Å². The van der Waals surface area contributed by atoms with E-state index in [1.165, 1.54) is 0 Å². The van der Waals surface area contributed by atoms with Gasteiger partial charge in [0.2, 0.25) is 11.8 Å². The van der Waals surface area contributed by atoms with Gasteiger partial charge in [-0.3, -0.25) is 14.4 Å². The summed E-state index contributed by atoms with van der Waals surface area (Å²) >= 11 is 0. The first-order valence-corrected chi connectivity index (χ1v) is 11.5. The number of rotatable bonds is 17. The van der Waals surface area contributed by atoms with E-state index in [9.17, 15) is 14.4 Å². The maximum Gasteiger partial charge on any atom is 0.305 e. The molecule has 33 heavy (non-hydrogen) atoms. The van der Waals surface area contributed by atoms with Crippen molar-refractivity contribution in [2.24, 2.45) is 5.92 Å². The zero-order chi connectivity index (χ0) is 24.5. The molecule has 3 atom stereocenters. The molecule has 1 rings (SSSR count). The van der Waals surface area contributed by atoms with Gasteiger partial charge in [0, 0.05) is 18.9 Å². The van der Waals surface area contributed by atoms with Gasteiger partial charge in [0.25, 0.3) is 0 Å². The Labute approximate surface area is 197 Å². The molecule has 0 aliphatic heterocycles. The van der Waals surface area contributed by atoms with Crippen LogP contribution in [0.15, 0.2) is 55.6 Å². The van der Waals surface area contributed by atoms with Crippen LogP contribution in [-0.2, 0) is 25.5 Å². The number of allylic oxidation sites excluding steroid dienone is 2. The van der Waals surface area contributed by atoms with E-state index in [0.717, 1.165) is 24.8 Å². The summed E-state index contributed by atoms with van der Waals surface area (Å²) in [7, 11) is 0. The molecular formula is C26H38N2O5. The van der Waals surface area contributed by atoms with E-state index in [4.69, 9.17) is 9.84 Å². The zero-order valence-corrected chi connectivity index (χ0v) is 19.6. The number of aliphatic hydroxyl groups excluding tert-OH is 1. The minimum absolute atomic E-state index is 0.0245. The van der Waals surface area contributed by atoms with Crippen molar-refractivity contribution < 1.29 is 24.2 Å². The highest BCUT2D eigenvalue weighted by Gasteiger charge is 2.24. The van der Waals surface area contributed by atoms with Crippen molar-refractivity contribution in [2.45, 2.75) is 64.0 Å². The number of carbonyl (C=O) groups excluding carboxylic acids is 3. The molecule has 0 aliphatic carbocycles. The highest BCUT2D eigenvalue weighted by Crippen LogP contribution is 2.12. The van der Waals surface area contributed by atoms with Crippen molar-refractivity contribution in [3.8, 4) is 0 Å². The Morgan fingerprint density at radius 2 is 1.82 bits per heavy atom. The average Bonchev–Trinajstić information content (AvgIpc) is 2.80. The fraction of sp³-hybridized carbons (Fsp3) is 0.500. The van der Waals surface area contributed by atoms with Crippen LogP contribution >= 0.6 is 0 Å². The van der Waals surface area contributed by atoms with E-state index in [0.29, 0.717) is 19.3 Å². The molecule has 7 nitrogen and oxygen atoms in total. The fourth-order valence-corrected chi connectivity index (χ4v) is 3.28. The third-order valence-electron chi connectivity index (χ3n) is 5.09. The second-order valence-electron chi connectivity index (χ2n) is 8.19. The lowest BCUT2D eigenvalue weighted by atomic mass is 9.98. The SMILES string of the molecule is C=CCCCCC(=O)OC[C@H](Cc1ccccc1)NC(=O)[C@H](CC=C)CC(=O)N[C@H](C)CO. The summed E-state index contributed by atoms with van der Waals surface area (Å²) in [5, 5.41) is 14.7. The molecule has 0 unspecified atom stereocenters. The summed E-state index contributed by atoms with van der Waals surface area (Å²) in [4.78, 5) is 37.3. The van der Waals surface area contributed by atoms with Gasteiger partial charge < -0.3 is 20.5 Å². The molecule has 1 aromatic carbocycles. The van der Waals surface area contributed by atoms with Crippen LogP contribution in [0.1, 0.15) is 51.0 Å². The zero-order valence-electron chi connectivity index (χ0n) is 19.6. The molecular weight excluding hydrogens is 420 g/mol. The van der Waals surface area contributed by atoms with Crippen molar-refractivity contribution in [3.63, 3.8) is 0 Å². The van der Waals surface area contributed by atoms with Gasteiger partial charge in [-0.25, -0.2) is 0 Å². The van der Waals surface area contributed by atoms with Crippen molar-refractivity contribution in [3.05, 3.63) is 61.2 Å². The Kier molecular flexibility index (Phi) is 14.2. The Balaban J connectivity index is 2.76. The van der Waals surface area contributed by atoms with Crippen LogP contribution in [-0.4, -0.2) is 48.2 Å². The van der Waals surface area contributed by atoms with E-state index in [-0.39, 0.29) is 43.5 Å². The standard InChI is InChI=1S/C26H38N2O5/c1-4-6-7-11-15-25(31)33-19-23(16-21-13-9-8-10-14-21)28-26(32)22(12-5-2)17-24(30)27-20(3)18-29/h4-5,8-10,13-14,20,22-23,29H,1-2,6-7,11-12,15-19H2,3H3,(H,27,30)(H,28,32)/t20-,22-,23+/m1/s1. The maximum atomic E-state index is 13.0. The van der Waals surface area contributed by atoms with Crippen molar-refractivity contribution in [1.29, 1.82) is 0 Å². The molecule has 0 bridgehead atoms. The smallest absolute Gasteiger partial charge is 0.305 e. The largest absolute Gasteiger partial charge is 0.463 e. The number of amides is 2. The lowest BCUT2D eigenvalue weighted by molar-refractivity contribution is -0.145. The molecule has 0 saturated carbocycles. The molecule has 1 aromatic rings. The van der Waals surface area contributed by atoms with Gasteiger partial charge >= 0.3 is 5.97 Å². The minimum atomic E-state index is -0.610. The quantitative estimate of drug-likeness (QED) is 0.189. The number of ether oxygens (including phenoxy) is 1. The summed E-state index contributed by atoms with van der Waals surface area (Å²) in [6.07, 6.45) is 7.00. The van der Waals surface area contributed by atoms with Gasteiger partial charge in [0.1, 0.15) is 6.61 Å². The molecule has 182 valence electrons. The molecule has 0 saturated heterocycles. The highest BCUT2D eigenvalue weighted by atomic mass is 16.5. The van der Waals surface area contributed by atoms with Crippen LogP contribution in [0, 0.1) is 5.92 Å². The summed E-state index contributed by atoms with van der Waals surface area (Å²) in [5.41, 5.74) is 1.000. The van der Waals surface area contributed by atoms with E-state index in [1.54, 1.807) is 13.0 Å². The monoisotopic (exact) mass is 458 g/mol. The second-order valence-corrected chi connectivity index (χ2v) is 8.19. The third-order valence-corrected chi connectivity index (χ3v) is 5.09. The summed E-state index contributed by atoms with van der Waals surface area (Å²) < 4.78 is 5.44. The number of hydrogen-bond acceptors (Lipinski definition) is 5. The molecule has 2 amide bonds. The van der Waals surface area contributed by atoms with Crippen LogP contribution in [0.2, 0.25) is 0 Å². The first-order valence-electron chi connectivity index (χ1n) is 11.5. The normalized spacial score (nSPS) is 13.3. The first kappa shape index (κ1) is 28.1. The molecule has 0 heterocycles. The number of esters is 1. The van der Waals surface area contributed by atoms with Gasteiger partial charge in [-0.2, -0.15) is 0 Å². The van der Waals surface area contributed by atoms with E-state index in [2.05, 4.69) is 23.8 Å². The number of benzene rings is 1. The molecule has 0 radical (unpaired) electrons. The Hall–Kier alpha value is -2.93. The molecule has 3 N–H and O–H groups in total. The number of nitrogens with one attached hydrogen (secondary N) is 2. The maximum absolute atomic E-state index is 13.0. The molecule has 7 heteroatoms. The van der Waals surface area contributed by atoms with Crippen LogP contribution in [0.4, 0.5) is 0 Å². The van der Waals surface area contributed by atoms with Gasteiger partial charge in [-0.15, -0.1) is 13.2 Å². The predicted molar refractivity (Wildman–Crippen MR) is 129 cm³/mol. The van der Waals surface area contributed by atoms with E-state index >= 15 is 0 Å². The van der Waals surface area contributed by atoms with Crippen molar-refractivity contribution >= 4 is 17.8 Å². The van der Waals surface area contributed by atoms with E-state index < -0.39 is 12.0 Å². The van der Waals surface area contributed by atoms with Crippen molar-refractivity contribution in [1.82, 2.24) is 10.6 Å². The number of carbonyl (C=O) groups is 3. The van der Waals surface area contributed by atoms with Gasteiger partial charge in [-0.1, -0.05) is 42.5 Å². The molecule has 0 aromatic heterocycles. The fourth-order valence-electron chi connectivity index (χ4n) is 3.28. The molecule has 0 fully saturated rings. The summed E-state index contributed by atoms with van der Waals surface area (Å²) in [6, 6.07) is 8.81. The summed E-state index contributed by atoms with van der Waals surface area (Å²) in [6.45, 7) is 8.91. The highest BCUT2D eigenvalue weighted by molar-refractivity contribution is 5.86. The summed E-state index contributed by atoms with van der Waals surface area (Å²) in [5.74, 6) is -1.53.